The molecule has 0 bridgehead atoms. The SMILES string of the molecule is COc1ccc(C(CC[C@]2(O)CCN(C(=O)OCC3C=CC=CC3)[PH]2(OCCC#N)N(C(C)C)C(C)C)(c2ccccc2)c2ccccc2)cc1. The van der Waals surface area contributed by atoms with E-state index in [1.165, 1.54) is 0 Å². The van der Waals surface area contributed by atoms with Crippen LogP contribution in [-0.4, -0.2) is 64.8 Å². The third kappa shape index (κ3) is 7.78. The summed E-state index contributed by atoms with van der Waals surface area (Å²) in [7, 11) is -2.17. The van der Waals surface area contributed by atoms with Gasteiger partial charge in [-0.05, 0) is 0 Å². The Kier molecular flexibility index (Phi) is 12.8. The molecular weight excluding hydrogens is 657 g/mol. The molecule has 51 heavy (non-hydrogen) atoms. The maximum atomic E-state index is 14.3. The van der Waals surface area contributed by atoms with Crippen LogP contribution in [0.5, 0.6) is 5.75 Å². The number of rotatable bonds is 15. The second-order valence-corrected chi connectivity index (χ2v) is 17.6. The average molecular weight is 712 g/mol. The molecule has 1 saturated heterocycles. The van der Waals surface area contributed by atoms with Crippen LogP contribution in [0.2, 0.25) is 0 Å². The summed E-state index contributed by atoms with van der Waals surface area (Å²) in [5.74, 6) is 0.850. The van der Waals surface area contributed by atoms with Crippen molar-refractivity contribution in [1.82, 2.24) is 9.34 Å². The Hall–Kier alpha value is -3.99. The van der Waals surface area contributed by atoms with Gasteiger partial charge in [-0.15, -0.1) is 0 Å². The van der Waals surface area contributed by atoms with E-state index in [1.54, 1.807) is 11.8 Å². The number of ether oxygens (including phenoxy) is 2. The Morgan fingerprint density at radius 2 is 1.59 bits per heavy atom. The molecule has 1 fully saturated rings. The fraction of sp³-hybridized carbons (Fsp3) is 0.429. The number of benzene rings is 3. The van der Waals surface area contributed by atoms with Crippen molar-refractivity contribution in [2.24, 2.45) is 5.92 Å². The van der Waals surface area contributed by atoms with Crippen molar-refractivity contribution in [3.05, 3.63) is 126 Å². The van der Waals surface area contributed by atoms with Gasteiger partial charge in [0.2, 0.25) is 0 Å². The molecule has 2 atom stereocenters. The van der Waals surface area contributed by atoms with Gasteiger partial charge in [0.15, 0.2) is 0 Å². The molecule has 1 unspecified atom stereocenters. The zero-order chi connectivity index (χ0) is 36.5. The summed E-state index contributed by atoms with van der Waals surface area (Å²) in [5, 5.41) is 21.6. The molecule has 1 heterocycles. The van der Waals surface area contributed by atoms with Crippen LogP contribution >= 0.6 is 7.79 Å². The zero-order valence-electron chi connectivity index (χ0n) is 30.7. The van der Waals surface area contributed by atoms with Gasteiger partial charge in [0, 0.05) is 0 Å². The van der Waals surface area contributed by atoms with Crippen LogP contribution in [0.3, 0.4) is 0 Å². The summed E-state index contributed by atoms with van der Waals surface area (Å²) in [6.45, 7) is 8.96. The van der Waals surface area contributed by atoms with Gasteiger partial charge in [-0.3, -0.25) is 0 Å². The molecule has 0 spiro atoms. The fourth-order valence-corrected chi connectivity index (χ4v) is 13.5. The number of allylic oxidation sites excluding steroid dienone is 3. The van der Waals surface area contributed by atoms with E-state index < -0.39 is 24.6 Å². The fourth-order valence-electron chi connectivity index (χ4n) is 8.23. The van der Waals surface area contributed by atoms with E-state index in [9.17, 15) is 15.2 Å². The van der Waals surface area contributed by atoms with Gasteiger partial charge in [0.1, 0.15) is 0 Å². The Labute approximate surface area is 304 Å². The van der Waals surface area contributed by atoms with Crippen LogP contribution in [0.15, 0.2) is 109 Å². The molecule has 0 radical (unpaired) electrons. The number of aliphatic hydroxyl groups is 1. The first-order valence-corrected chi connectivity index (χ1v) is 20.0. The van der Waals surface area contributed by atoms with E-state index >= 15 is 0 Å². The Bertz CT molecular complexity index is 1630. The first-order valence-electron chi connectivity index (χ1n) is 18.2. The predicted octanol–water partition coefficient (Wildman–Crippen LogP) is 9.02. The van der Waals surface area contributed by atoms with Gasteiger partial charge in [-0.1, -0.05) is 0 Å². The van der Waals surface area contributed by atoms with E-state index in [0.29, 0.717) is 19.3 Å². The molecule has 0 aromatic heterocycles. The summed E-state index contributed by atoms with van der Waals surface area (Å²) < 4.78 is 22.5. The molecule has 272 valence electrons. The zero-order valence-corrected chi connectivity index (χ0v) is 31.7. The van der Waals surface area contributed by atoms with Crippen LogP contribution in [0, 0.1) is 17.2 Å². The summed E-state index contributed by atoms with van der Waals surface area (Å²) >= 11 is 0. The third-order valence-electron chi connectivity index (χ3n) is 10.4. The standard InChI is InChI=1S/C42H54N3O5P/c1-33(2)45(34(3)4)51(50-31-15-29-43)41(47,28-30-44(51)40(46)49-32-35-16-9-6-10-17-35)26-27-42(36-18-11-7-12-19-36,37-20-13-8-14-21-37)38-22-24-39(48-5)25-23-38/h6-14,16,18-25,33-35,47,51H,15,17,26-28,30-32H2,1-5H3/t35?,41-/m1/s1. The van der Waals surface area contributed by atoms with Crippen LogP contribution < -0.4 is 4.74 Å². The van der Waals surface area contributed by atoms with Gasteiger partial charge in [0.05, 0.1) is 0 Å². The van der Waals surface area contributed by atoms with Crippen molar-refractivity contribution < 1.29 is 23.9 Å². The van der Waals surface area contributed by atoms with Gasteiger partial charge in [-0.25, -0.2) is 0 Å². The quantitative estimate of drug-likeness (QED) is 0.0955. The first kappa shape index (κ1) is 38.2. The number of hydrogen-bond donors (Lipinski definition) is 1. The summed E-state index contributed by atoms with van der Waals surface area (Å²) in [5.41, 5.74) is 2.59. The number of carbonyl (C=O) groups is 1. The Balaban J connectivity index is 1.64. The molecule has 2 aliphatic rings. The number of methoxy groups -OCH3 is 1. The average Bonchev–Trinajstić information content (AvgIpc) is 3.43. The van der Waals surface area contributed by atoms with Crippen molar-refractivity contribution in [1.29, 1.82) is 5.26 Å². The number of nitrogens with zero attached hydrogens (tertiary/aromatic N) is 3. The van der Waals surface area contributed by atoms with E-state index in [-0.39, 0.29) is 44.2 Å². The van der Waals surface area contributed by atoms with Crippen molar-refractivity contribution in [3.63, 3.8) is 0 Å². The minimum atomic E-state index is -3.83. The van der Waals surface area contributed by atoms with Crippen molar-refractivity contribution in [3.8, 4) is 11.8 Å². The van der Waals surface area contributed by atoms with Crippen LogP contribution in [0.25, 0.3) is 0 Å². The summed E-state index contributed by atoms with van der Waals surface area (Å²) in [6, 6.07) is 31.1. The molecule has 0 saturated carbocycles. The maximum absolute atomic E-state index is 14.3. The second kappa shape index (κ2) is 17.0. The van der Waals surface area contributed by atoms with Crippen molar-refractivity contribution in [2.75, 3.05) is 26.9 Å². The van der Waals surface area contributed by atoms with Crippen molar-refractivity contribution >= 4 is 13.9 Å². The predicted molar refractivity (Wildman–Crippen MR) is 206 cm³/mol. The number of amides is 1. The number of nitriles is 1. The van der Waals surface area contributed by atoms with Gasteiger partial charge >= 0.3 is 306 Å². The number of hydrogen-bond acceptors (Lipinski definition) is 7. The minimum absolute atomic E-state index is 0.0697. The normalized spacial score (nSPS) is 20.5. The van der Waals surface area contributed by atoms with E-state index in [1.807, 2.05) is 36.4 Å². The van der Waals surface area contributed by atoms with Gasteiger partial charge in [-0.2, -0.15) is 0 Å². The van der Waals surface area contributed by atoms with E-state index in [4.69, 9.17) is 14.0 Å². The van der Waals surface area contributed by atoms with Crippen LogP contribution in [0.1, 0.15) is 76.5 Å². The van der Waals surface area contributed by atoms with Crippen molar-refractivity contribution in [2.45, 2.75) is 82.6 Å². The molecule has 3 aromatic rings. The first-order chi connectivity index (χ1) is 24.6. The molecular formula is C42H54N3O5P. The molecule has 8 nitrogen and oxygen atoms in total. The van der Waals surface area contributed by atoms with E-state index in [2.05, 4.69) is 111 Å². The van der Waals surface area contributed by atoms with Crippen LogP contribution in [0.4, 0.5) is 4.79 Å². The molecule has 1 aliphatic carbocycles. The summed E-state index contributed by atoms with van der Waals surface area (Å²) in [6.07, 6.45) is 9.75. The molecule has 1 aliphatic heterocycles. The second-order valence-electron chi connectivity index (χ2n) is 14.1. The monoisotopic (exact) mass is 711 g/mol. The third-order valence-corrected chi connectivity index (χ3v) is 15.6. The Morgan fingerprint density at radius 1 is 0.980 bits per heavy atom. The topological polar surface area (TPSA) is 95.3 Å². The Morgan fingerprint density at radius 3 is 2.12 bits per heavy atom. The molecule has 5 rings (SSSR count). The van der Waals surface area contributed by atoms with E-state index in [0.717, 1.165) is 28.9 Å². The van der Waals surface area contributed by atoms with Gasteiger partial charge < -0.3 is 0 Å². The molecule has 3 aromatic carbocycles. The summed E-state index contributed by atoms with van der Waals surface area (Å²) in [4.78, 5) is 14.3. The van der Waals surface area contributed by atoms with Gasteiger partial charge in [0.25, 0.3) is 0 Å². The molecule has 9 heteroatoms. The number of carbonyl (C=O) groups excluding carboxylic acids is 1. The van der Waals surface area contributed by atoms with Crippen LogP contribution in [-0.2, 0) is 14.7 Å². The molecule has 1 amide bonds. The molecule has 1 N–H and O–H groups in total.